The molecule has 1 aliphatic rings. The van der Waals surface area contributed by atoms with Gasteiger partial charge in [0.2, 0.25) is 5.91 Å². The molecule has 1 aromatic rings. The SMILES string of the molecule is O=C1CC(CCOc2ccccc2)CN1. The summed E-state index contributed by atoms with van der Waals surface area (Å²) in [6.45, 7) is 1.49. The predicted molar refractivity (Wildman–Crippen MR) is 57.7 cm³/mol. The van der Waals surface area contributed by atoms with Gasteiger partial charge >= 0.3 is 0 Å². The quantitative estimate of drug-likeness (QED) is 0.810. The summed E-state index contributed by atoms with van der Waals surface area (Å²) in [6.07, 6.45) is 1.59. The van der Waals surface area contributed by atoms with Crippen LogP contribution in [0.4, 0.5) is 0 Å². The van der Waals surface area contributed by atoms with E-state index >= 15 is 0 Å². The minimum absolute atomic E-state index is 0.166. The van der Waals surface area contributed by atoms with Crippen molar-refractivity contribution in [1.29, 1.82) is 0 Å². The molecule has 1 N–H and O–H groups in total. The third-order valence-corrected chi connectivity index (χ3v) is 2.60. The normalized spacial score (nSPS) is 20.0. The van der Waals surface area contributed by atoms with Gasteiger partial charge in [0.1, 0.15) is 5.75 Å². The van der Waals surface area contributed by atoms with E-state index in [1.807, 2.05) is 30.3 Å². The Morgan fingerprint density at radius 3 is 2.80 bits per heavy atom. The Bertz CT molecular complexity index is 324. The van der Waals surface area contributed by atoms with Crippen molar-refractivity contribution in [2.75, 3.05) is 13.2 Å². The van der Waals surface area contributed by atoms with Gasteiger partial charge in [0, 0.05) is 13.0 Å². The Morgan fingerprint density at radius 2 is 2.13 bits per heavy atom. The van der Waals surface area contributed by atoms with Gasteiger partial charge in [-0.1, -0.05) is 18.2 Å². The summed E-state index contributed by atoms with van der Waals surface area (Å²) in [5, 5.41) is 2.82. The highest BCUT2D eigenvalue weighted by molar-refractivity contribution is 5.78. The molecule has 0 bridgehead atoms. The number of ether oxygens (including phenoxy) is 1. The zero-order chi connectivity index (χ0) is 10.5. The molecule has 1 aliphatic heterocycles. The Morgan fingerprint density at radius 1 is 1.33 bits per heavy atom. The third-order valence-electron chi connectivity index (χ3n) is 2.60. The van der Waals surface area contributed by atoms with Crippen LogP contribution in [-0.2, 0) is 4.79 Å². The van der Waals surface area contributed by atoms with Crippen molar-refractivity contribution in [2.45, 2.75) is 12.8 Å². The Hall–Kier alpha value is -1.51. The first-order valence-electron chi connectivity index (χ1n) is 5.29. The number of hydrogen-bond donors (Lipinski definition) is 1. The second kappa shape index (κ2) is 4.82. The van der Waals surface area contributed by atoms with Crippen LogP contribution in [0.15, 0.2) is 30.3 Å². The van der Waals surface area contributed by atoms with Gasteiger partial charge in [-0.05, 0) is 24.5 Å². The van der Waals surface area contributed by atoms with Gasteiger partial charge in [-0.25, -0.2) is 0 Å². The average Bonchev–Trinajstić information content (AvgIpc) is 2.66. The van der Waals surface area contributed by atoms with Crippen molar-refractivity contribution in [3.63, 3.8) is 0 Å². The molecule has 3 heteroatoms. The summed E-state index contributed by atoms with van der Waals surface area (Å²) < 4.78 is 5.56. The summed E-state index contributed by atoms with van der Waals surface area (Å²) in [7, 11) is 0. The number of hydrogen-bond acceptors (Lipinski definition) is 2. The monoisotopic (exact) mass is 205 g/mol. The van der Waals surface area contributed by atoms with E-state index in [-0.39, 0.29) is 5.91 Å². The van der Waals surface area contributed by atoms with E-state index in [4.69, 9.17) is 4.74 Å². The van der Waals surface area contributed by atoms with Crippen molar-refractivity contribution in [3.05, 3.63) is 30.3 Å². The van der Waals surface area contributed by atoms with E-state index in [0.717, 1.165) is 18.7 Å². The molecule has 15 heavy (non-hydrogen) atoms. The van der Waals surface area contributed by atoms with Crippen LogP contribution in [0.2, 0.25) is 0 Å². The lowest BCUT2D eigenvalue weighted by Gasteiger charge is -2.08. The van der Waals surface area contributed by atoms with Gasteiger partial charge < -0.3 is 10.1 Å². The van der Waals surface area contributed by atoms with Gasteiger partial charge in [-0.15, -0.1) is 0 Å². The fraction of sp³-hybridized carbons (Fsp3) is 0.417. The molecule has 1 atom stereocenters. The Labute approximate surface area is 89.4 Å². The number of carbonyl (C=O) groups excluding carboxylic acids is 1. The summed E-state index contributed by atoms with van der Waals surface area (Å²) >= 11 is 0. The predicted octanol–water partition coefficient (Wildman–Crippen LogP) is 1.59. The van der Waals surface area contributed by atoms with Crippen LogP contribution < -0.4 is 10.1 Å². The molecule has 1 aromatic carbocycles. The lowest BCUT2D eigenvalue weighted by Crippen LogP contribution is -2.14. The number of benzene rings is 1. The standard InChI is InChI=1S/C12H15NO2/c14-12-8-10(9-13-12)6-7-15-11-4-2-1-3-5-11/h1-5,10H,6-9H2,(H,13,14). The lowest BCUT2D eigenvalue weighted by atomic mass is 10.1. The number of para-hydroxylation sites is 1. The van der Waals surface area contributed by atoms with Crippen molar-refractivity contribution in [1.82, 2.24) is 5.32 Å². The molecule has 1 fully saturated rings. The molecule has 1 amide bonds. The molecule has 0 aromatic heterocycles. The summed E-state index contributed by atoms with van der Waals surface area (Å²) in [6, 6.07) is 9.76. The summed E-state index contributed by atoms with van der Waals surface area (Å²) in [5.41, 5.74) is 0. The topological polar surface area (TPSA) is 38.3 Å². The van der Waals surface area contributed by atoms with Gasteiger partial charge in [0.05, 0.1) is 6.61 Å². The first kappa shape index (κ1) is 10.0. The van der Waals surface area contributed by atoms with Crippen LogP contribution in [-0.4, -0.2) is 19.1 Å². The highest BCUT2D eigenvalue weighted by atomic mass is 16.5. The molecule has 0 spiro atoms. The molecule has 0 saturated carbocycles. The van der Waals surface area contributed by atoms with Crippen molar-refractivity contribution in [2.24, 2.45) is 5.92 Å². The Balaban J connectivity index is 1.69. The van der Waals surface area contributed by atoms with Crippen LogP contribution in [0.25, 0.3) is 0 Å². The number of rotatable bonds is 4. The largest absolute Gasteiger partial charge is 0.494 e. The minimum atomic E-state index is 0.166. The zero-order valence-electron chi connectivity index (χ0n) is 8.61. The molecule has 2 rings (SSSR count). The lowest BCUT2D eigenvalue weighted by molar-refractivity contribution is -0.119. The van der Waals surface area contributed by atoms with E-state index in [0.29, 0.717) is 18.9 Å². The third kappa shape index (κ3) is 2.98. The van der Waals surface area contributed by atoms with Crippen LogP contribution >= 0.6 is 0 Å². The van der Waals surface area contributed by atoms with Gasteiger partial charge in [-0.3, -0.25) is 4.79 Å². The number of nitrogens with one attached hydrogen (secondary N) is 1. The molecular formula is C12H15NO2. The van der Waals surface area contributed by atoms with Gasteiger partial charge in [0.25, 0.3) is 0 Å². The van der Waals surface area contributed by atoms with E-state index in [2.05, 4.69) is 5.32 Å². The van der Waals surface area contributed by atoms with Crippen LogP contribution in [0, 0.1) is 5.92 Å². The highest BCUT2D eigenvalue weighted by Crippen LogP contribution is 2.15. The second-order valence-electron chi connectivity index (χ2n) is 3.82. The number of carbonyl (C=O) groups is 1. The van der Waals surface area contributed by atoms with Crippen LogP contribution in [0.1, 0.15) is 12.8 Å². The van der Waals surface area contributed by atoms with E-state index in [1.54, 1.807) is 0 Å². The summed E-state index contributed by atoms with van der Waals surface area (Å²) in [4.78, 5) is 10.9. The van der Waals surface area contributed by atoms with E-state index in [1.165, 1.54) is 0 Å². The van der Waals surface area contributed by atoms with Crippen molar-refractivity contribution < 1.29 is 9.53 Å². The highest BCUT2D eigenvalue weighted by Gasteiger charge is 2.20. The summed E-state index contributed by atoms with van der Waals surface area (Å²) in [5.74, 6) is 1.51. The van der Waals surface area contributed by atoms with Crippen LogP contribution in [0.3, 0.4) is 0 Å². The molecule has 1 heterocycles. The second-order valence-corrected chi connectivity index (χ2v) is 3.82. The maximum atomic E-state index is 10.9. The van der Waals surface area contributed by atoms with Gasteiger partial charge in [0.15, 0.2) is 0 Å². The maximum absolute atomic E-state index is 10.9. The van der Waals surface area contributed by atoms with E-state index < -0.39 is 0 Å². The smallest absolute Gasteiger partial charge is 0.220 e. The van der Waals surface area contributed by atoms with Crippen molar-refractivity contribution in [3.8, 4) is 5.75 Å². The molecule has 0 aliphatic carbocycles. The molecule has 0 radical (unpaired) electrons. The van der Waals surface area contributed by atoms with Crippen LogP contribution in [0.5, 0.6) is 5.75 Å². The number of amides is 1. The van der Waals surface area contributed by atoms with Gasteiger partial charge in [-0.2, -0.15) is 0 Å². The minimum Gasteiger partial charge on any atom is -0.494 e. The molecule has 1 unspecified atom stereocenters. The fourth-order valence-corrected chi connectivity index (χ4v) is 1.73. The average molecular weight is 205 g/mol. The Kier molecular flexibility index (Phi) is 3.22. The zero-order valence-corrected chi connectivity index (χ0v) is 8.61. The maximum Gasteiger partial charge on any atom is 0.220 e. The molecule has 1 saturated heterocycles. The van der Waals surface area contributed by atoms with E-state index in [9.17, 15) is 4.79 Å². The van der Waals surface area contributed by atoms with Crippen molar-refractivity contribution >= 4 is 5.91 Å². The molecular weight excluding hydrogens is 190 g/mol. The first-order valence-corrected chi connectivity index (χ1v) is 5.29. The molecule has 80 valence electrons. The first-order chi connectivity index (χ1) is 7.34. The fourth-order valence-electron chi connectivity index (χ4n) is 1.73. The molecule has 3 nitrogen and oxygen atoms in total.